The van der Waals surface area contributed by atoms with Crippen LogP contribution in [-0.2, 0) is 6.54 Å². The minimum absolute atomic E-state index is 0.415. The molecule has 0 aliphatic carbocycles. The molecule has 1 aliphatic heterocycles. The van der Waals surface area contributed by atoms with Gasteiger partial charge in [-0.15, -0.1) is 11.3 Å². The molecule has 1 N–H and O–H groups in total. The first kappa shape index (κ1) is 18.9. The van der Waals surface area contributed by atoms with E-state index in [4.69, 9.17) is 11.6 Å². The number of aliphatic hydroxyl groups excluding tert-OH is 1. The van der Waals surface area contributed by atoms with Crippen LogP contribution in [-0.4, -0.2) is 47.6 Å². The standard InChI is InChI=1S/C22H25ClN2OS/c23-18-6-7-19-20(16-27-22(19)14-18)21(26)8-9-24-10-12-25(13-11-24)15-17-4-2-1-3-5-17/h1-7,14,16,21,26H,8-13,15H2. The van der Waals surface area contributed by atoms with Crippen LogP contribution in [0.5, 0.6) is 0 Å². The normalized spacial score (nSPS) is 17.4. The van der Waals surface area contributed by atoms with Gasteiger partial charge in [0, 0.05) is 49.0 Å². The van der Waals surface area contributed by atoms with Gasteiger partial charge in [0.15, 0.2) is 0 Å². The van der Waals surface area contributed by atoms with E-state index in [0.717, 1.165) is 66.4 Å². The van der Waals surface area contributed by atoms with Crippen molar-refractivity contribution < 1.29 is 5.11 Å². The molecule has 0 amide bonds. The second-order valence-corrected chi connectivity index (χ2v) is 8.59. The summed E-state index contributed by atoms with van der Waals surface area (Å²) in [6.07, 6.45) is 0.356. The van der Waals surface area contributed by atoms with Gasteiger partial charge in [-0.1, -0.05) is 48.0 Å². The zero-order valence-corrected chi connectivity index (χ0v) is 16.9. The maximum atomic E-state index is 10.7. The lowest BCUT2D eigenvalue weighted by atomic mass is 10.1. The number of fused-ring (bicyclic) bond motifs is 1. The van der Waals surface area contributed by atoms with Crippen molar-refractivity contribution >= 4 is 33.0 Å². The van der Waals surface area contributed by atoms with Crippen LogP contribution >= 0.6 is 22.9 Å². The van der Waals surface area contributed by atoms with Gasteiger partial charge in [-0.05, 0) is 40.4 Å². The lowest BCUT2D eigenvalue weighted by Crippen LogP contribution is -2.46. The summed E-state index contributed by atoms with van der Waals surface area (Å²) in [4.78, 5) is 4.98. The number of hydrogen-bond acceptors (Lipinski definition) is 4. The molecule has 142 valence electrons. The maximum absolute atomic E-state index is 10.7. The van der Waals surface area contributed by atoms with E-state index in [2.05, 4.69) is 45.5 Å². The van der Waals surface area contributed by atoms with Crippen molar-refractivity contribution in [2.75, 3.05) is 32.7 Å². The van der Waals surface area contributed by atoms with Crippen LogP contribution < -0.4 is 0 Å². The Morgan fingerprint density at radius 3 is 2.52 bits per heavy atom. The molecule has 0 radical (unpaired) electrons. The van der Waals surface area contributed by atoms with Crippen molar-refractivity contribution in [3.05, 3.63) is 70.1 Å². The fraction of sp³-hybridized carbons (Fsp3) is 0.364. The minimum atomic E-state index is -0.415. The van der Waals surface area contributed by atoms with Gasteiger partial charge >= 0.3 is 0 Å². The van der Waals surface area contributed by atoms with E-state index in [1.54, 1.807) is 11.3 Å². The van der Waals surface area contributed by atoms with Crippen molar-refractivity contribution in [3.63, 3.8) is 0 Å². The number of hydrogen-bond donors (Lipinski definition) is 1. The molecule has 1 unspecified atom stereocenters. The minimum Gasteiger partial charge on any atom is -0.388 e. The van der Waals surface area contributed by atoms with Crippen molar-refractivity contribution in [2.45, 2.75) is 19.1 Å². The van der Waals surface area contributed by atoms with E-state index < -0.39 is 6.10 Å². The molecule has 0 spiro atoms. The Hall–Kier alpha value is -1.43. The summed E-state index contributed by atoms with van der Waals surface area (Å²) >= 11 is 7.72. The van der Waals surface area contributed by atoms with Crippen LogP contribution in [0.1, 0.15) is 23.7 Å². The third kappa shape index (κ3) is 4.71. The number of rotatable bonds is 6. The van der Waals surface area contributed by atoms with Gasteiger partial charge in [-0.25, -0.2) is 0 Å². The first-order chi connectivity index (χ1) is 13.2. The van der Waals surface area contributed by atoms with Crippen LogP contribution in [0.3, 0.4) is 0 Å². The summed E-state index contributed by atoms with van der Waals surface area (Å²) in [7, 11) is 0. The molecule has 1 aromatic heterocycles. The van der Waals surface area contributed by atoms with Crippen molar-refractivity contribution in [3.8, 4) is 0 Å². The van der Waals surface area contributed by atoms with E-state index in [1.807, 2.05) is 18.2 Å². The molecule has 5 heteroatoms. The number of halogens is 1. The number of nitrogens with zero attached hydrogens (tertiary/aromatic N) is 2. The van der Waals surface area contributed by atoms with Crippen LogP contribution in [0.25, 0.3) is 10.1 Å². The molecule has 1 atom stereocenters. The number of benzene rings is 2. The molecule has 3 nitrogen and oxygen atoms in total. The predicted molar refractivity (Wildman–Crippen MR) is 115 cm³/mol. The lowest BCUT2D eigenvalue weighted by Gasteiger charge is -2.35. The van der Waals surface area contributed by atoms with Gasteiger partial charge in [-0.2, -0.15) is 0 Å². The molecule has 0 saturated carbocycles. The molecular formula is C22H25ClN2OS. The Labute approximate surface area is 169 Å². The van der Waals surface area contributed by atoms with E-state index in [9.17, 15) is 5.11 Å². The van der Waals surface area contributed by atoms with Gasteiger partial charge in [-0.3, -0.25) is 4.90 Å². The molecule has 27 heavy (non-hydrogen) atoms. The average Bonchev–Trinajstić information content (AvgIpc) is 3.11. The van der Waals surface area contributed by atoms with Crippen LogP contribution in [0.15, 0.2) is 53.9 Å². The Morgan fingerprint density at radius 1 is 1.00 bits per heavy atom. The average molecular weight is 401 g/mol. The second kappa shape index (κ2) is 8.72. The summed E-state index contributed by atoms with van der Waals surface area (Å²) in [5, 5.41) is 14.6. The fourth-order valence-electron chi connectivity index (χ4n) is 3.75. The summed E-state index contributed by atoms with van der Waals surface area (Å²) in [6.45, 7) is 6.28. The zero-order valence-electron chi connectivity index (χ0n) is 15.4. The summed E-state index contributed by atoms with van der Waals surface area (Å²) < 4.78 is 1.14. The Morgan fingerprint density at radius 2 is 1.74 bits per heavy atom. The van der Waals surface area contributed by atoms with Crippen LogP contribution in [0.2, 0.25) is 5.02 Å². The molecule has 0 bridgehead atoms. The summed E-state index contributed by atoms with van der Waals surface area (Å²) in [5.41, 5.74) is 2.42. The van der Waals surface area contributed by atoms with Crippen molar-refractivity contribution in [1.29, 1.82) is 0 Å². The predicted octanol–water partition coefficient (Wildman–Crippen LogP) is 4.80. The monoisotopic (exact) mass is 400 g/mol. The Balaban J connectivity index is 1.27. The second-order valence-electron chi connectivity index (χ2n) is 7.24. The highest BCUT2D eigenvalue weighted by atomic mass is 35.5. The molecule has 1 fully saturated rings. The molecule has 1 saturated heterocycles. The smallest absolute Gasteiger partial charge is 0.0816 e. The van der Waals surface area contributed by atoms with Crippen LogP contribution in [0, 0.1) is 0 Å². The maximum Gasteiger partial charge on any atom is 0.0816 e. The van der Waals surface area contributed by atoms with Crippen molar-refractivity contribution in [2.24, 2.45) is 0 Å². The molecule has 2 heterocycles. The molecule has 1 aliphatic rings. The SMILES string of the molecule is OC(CCN1CCN(Cc2ccccc2)CC1)c1csc2cc(Cl)ccc12. The zero-order chi connectivity index (χ0) is 18.6. The summed E-state index contributed by atoms with van der Waals surface area (Å²) in [5.74, 6) is 0. The quantitative estimate of drug-likeness (QED) is 0.644. The highest BCUT2D eigenvalue weighted by molar-refractivity contribution is 7.17. The van der Waals surface area contributed by atoms with E-state index in [1.165, 1.54) is 5.56 Å². The topological polar surface area (TPSA) is 26.7 Å². The van der Waals surface area contributed by atoms with E-state index in [0.29, 0.717) is 0 Å². The first-order valence-electron chi connectivity index (χ1n) is 9.52. The molecule has 2 aromatic carbocycles. The largest absolute Gasteiger partial charge is 0.388 e. The van der Waals surface area contributed by atoms with Gasteiger partial charge in [0.2, 0.25) is 0 Å². The van der Waals surface area contributed by atoms with Crippen LogP contribution in [0.4, 0.5) is 0 Å². The Bertz CT molecular complexity index is 874. The number of thiophene rings is 1. The van der Waals surface area contributed by atoms with Gasteiger partial charge in [0.1, 0.15) is 0 Å². The highest BCUT2D eigenvalue weighted by Gasteiger charge is 2.19. The third-order valence-electron chi connectivity index (χ3n) is 5.36. The Kier molecular flexibility index (Phi) is 6.11. The molecule has 3 aromatic rings. The number of aliphatic hydroxyl groups is 1. The first-order valence-corrected chi connectivity index (χ1v) is 10.8. The number of piperazine rings is 1. The van der Waals surface area contributed by atoms with Crippen molar-refractivity contribution in [1.82, 2.24) is 9.80 Å². The van der Waals surface area contributed by atoms with Gasteiger partial charge < -0.3 is 10.0 Å². The third-order valence-corrected chi connectivity index (χ3v) is 6.56. The fourth-order valence-corrected chi connectivity index (χ4v) is 5.04. The molecular weight excluding hydrogens is 376 g/mol. The lowest BCUT2D eigenvalue weighted by molar-refractivity contribution is 0.0999. The van der Waals surface area contributed by atoms with Gasteiger partial charge in [0.05, 0.1) is 6.10 Å². The summed E-state index contributed by atoms with van der Waals surface area (Å²) in [6, 6.07) is 16.6. The van der Waals surface area contributed by atoms with Gasteiger partial charge in [0.25, 0.3) is 0 Å². The van der Waals surface area contributed by atoms with E-state index >= 15 is 0 Å². The highest BCUT2D eigenvalue weighted by Crippen LogP contribution is 2.33. The van der Waals surface area contributed by atoms with E-state index in [-0.39, 0.29) is 0 Å². The molecule has 4 rings (SSSR count).